The molecule has 0 amide bonds. The van der Waals surface area contributed by atoms with Crippen LogP contribution >= 0.6 is 23.1 Å². The van der Waals surface area contributed by atoms with Gasteiger partial charge in [0.25, 0.3) is 0 Å². The first-order valence-electron chi connectivity index (χ1n) is 6.36. The minimum absolute atomic E-state index is 0.287. The van der Waals surface area contributed by atoms with E-state index in [1.807, 2.05) is 13.1 Å². The van der Waals surface area contributed by atoms with Gasteiger partial charge in [-0.05, 0) is 23.5 Å². The molecule has 0 aromatic carbocycles. The fraction of sp³-hybridized carbons (Fsp3) is 0.385. The number of aromatic nitrogens is 3. The highest BCUT2D eigenvalue weighted by molar-refractivity contribution is 7.10. The number of fused-ring (bicyclic) bond motifs is 1. The second kappa shape index (κ2) is 5.35. The number of nitriles is 1. The predicted molar refractivity (Wildman–Crippen MR) is 78.0 cm³/mol. The van der Waals surface area contributed by atoms with Crippen LogP contribution in [-0.2, 0) is 19.4 Å². The van der Waals surface area contributed by atoms with E-state index in [4.69, 9.17) is 11.6 Å². The molecule has 0 N–H and O–H groups in total. The fourth-order valence-electron chi connectivity index (χ4n) is 2.26. The number of hydrogen-bond acceptors (Lipinski definition) is 6. The third-order valence-corrected chi connectivity index (χ3v) is 4.63. The molecule has 7 heteroatoms. The molecule has 20 heavy (non-hydrogen) atoms. The molecule has 0 saturated carbocycles. The van der Waals surface area contributed by atoms with E-state index >= 15 is 0 Å². The van der Waals surface area contributed by atoms with Crippen molar-refractivity contribution in [3.05, 3.63) is 34.0 Å². The molecule has 1 aliphatic rings. The number of rotatable bonds is 2. The van der Waals surface area contributed by atoms with Crippen molar-refractivity contribution in [2.24, 2.45) is 0 Å². The molecule has 0 unspecified atom stereocenters. The predicted octanol–water partition coefficient (Wildman–Crippen LogP) is 2.58. The van der Waals surface area contributed by atoms with Crippen LogP contribution in [0, 0.1) is 11.3 Å². The molecule has 2 aromatic heterocycles. The van der Waals surface area contributed by atoms with Gasteiger partial charge in [-0.3, -0.25) is 0 Å². The van der Waals surface area contributed by atoms with Crippen molar-refractivity contribution in [1.82, 2.24) is 14.3 Å². The summed E-state index contributed by atoms with van der Waals surface area (Å²) in [5.74, 6) is 0.855. The van der Waals surface area contributed by atoms with Gasteiger partial charge >= 0.3 is 0 Å². The van der Waals surface area contributed by atoms with E-state index < -0.39 is 0 Å². The smallest absolute Gasteiger partial charge is 0.162 e. The first kappa shape index (κ1) is 13.3. The molecule has 102 valence electrons. The summed E-state index contributed by atoms with van der Waals surface area (Å²) in [6.07, 6.45) is 3.62. The lowest BCUT2D eigenvalue weighted by Gasteiger charge is -2.28. The lowest BCUT2D eigenvalue weighted by Crippen LogP contribution is -2.31. The topological polar surface area (TPSA) is 65.7 Å². The van der Waals surface area contributed by atoms with Gasteiger partial charge in [0.15, 0.2) is 5.15 Å². The first-order valence-corrected chi connectivity index (χ1v) is 7.52. The summed E-state index contributed by atoms with van der Waals surface area (Å²) >= 11 is 7.21. The average Bonchev–Trinajstić information content (AvgIpc) is 2.86. The highest BCUT2D eigenvalue weighted by atomic mass is 35.5. The van der Waals surface area contributed by atoms with Gasteiger partial charge in [0, 0.05) is 19.2 Å². The van der Waals surface area contributed by atoms with Crippen LogP contribution in [0.15, 0.2) is 6.20 Å². The molecule has 0 fully saturated rings. The Labute approximate surface area is 126 Å². The lowest BCUT2D eigenvalue weighted by atomic mass is 10.1. The molecule has 0 aliphatic carbocycles. The number of hydrogen-bond donors (Lipinski definition) is 0. The Hall–Kier alpha value is -1.71. The van der Waals surface area contributed by atoms with Gasteiger partial charge in [0.1, 0.15) is 22.5 Å². The second-order valence-electron chi connectivity index (χ2n) is 4.55. The van der Waals surface area contributed by atoms with Crippen LogP contribution in [0.3, 0.4) is 0 Å². The van der Waals surface area contributed by atoms with Gasteiger partial charge in [0.05, 0.1) is 12.2 Å². The molecule has 0 atom stereocenters. The quantitative estimate of drug-likeness (QED) is 0.853. The van der Waals surface area contributed by atoms with Crippen molar-refractivity contribution < 1.29 is 0 Å². The van der Waals surface area contributed by atoms with E-state index in [0.717, 1.165) is 35.9 Å². The summed E-state index contributed by atoms with van der Waals surface area (Å²) in [6.45, 7) is 3.55. The van der Waals surface area contributed by atoms with Crippen molar-refractivity contribution in [2.75, 3.05) is 11.4 Å². The zero-order valence-electron chi connectivity index (χ0n) is 10.9. The Morgan fingerprint density at radius 3 is 3.15 bits per heavy atom. The van der Waals surface area contributed by atoms with Crippen molar-refractivity contribution >= 4 is 28.1 Å². The van der Waals surface area contributed by atoms with Gasteiger partial charge < -0.3 is 4.90 Å². The van der Waals surface area contributed by atoms with Crippen LogP contribution < -0.4 is 4.90 Å². The van der Waals surface area contributed by atoms with E-state index in [1.54, 1.807) is 0 Å². The van der Waals surface area contributed by atoms with E-state index in [0.29, 0.717) is 12.1 Å². The Balaban J connectivity index is 1.93. The van der Waals surface area contributed by atoms with Crippen molar-refractivity contribution in [1.29, 1.82) is 5.26 Å². The van der Waals surface area contributed by atoms with E-state index in [1.165, 1.54) is 17.1 Å². The molecule has 0 radical (unpaired) electrons. The van der Waals surface area contributed by atoms with Crippen LogP contribution in [-0.4, -0.2) is 20.9 Å². The summed E-state index contributed by atoms with van der Waals surface area (Å²) in [5.41, 5.74) is 2.69. The first-order chi connectivity index (χ1) is 9.72. The average molecular weight is 306 g/mol. The number of halogens is 1. The van der Waals surface area contributed by atoms with Crippen molar-refractivity contribution in [3.63, 3.8) is 0 Å². The second-order valence-corrected chi connectivity index (χ2v) is 5.66. The summed E-state index contributed by atoms with van der Waals surface area (Å²) in [4.78, 5) is 11.0. The van der Waals surface area contributed by atoms with E-state index in [9.17, 15) is 5.26 Å². The minimum Gasteiger partial charge on any atom is -0.355 e. The van der Waals surface area contributed by atoms with Crippen LogP contribution in [0.2, 0.25) is 5.15 Å². The molecule has 3 heterocycles. The molecule has 0 bridgehead atoms. The highest BCUT2D eigenvalue weighted by Gasteiger charge is 2.23. The van der Waals surface area contributed by atoms with Gasteiger partial charge in [0.2, 0.25) is 0 Å². The van der Waals surface area contributed by atoms with Crippen LogP contribution in [0.5, 0.6) is 0 Å². The molecule has 3 rings (SSSR count). The summed E-state index contributed by atoms with van der Waals surface area (Å²) in [5, 5.41) is 10.3. The fourth-order valence-corrected chi connectivity index (χ4v) is 3.31. The maximum Gasteiger partial charge on any atom is 0.162 e. The maximum atomic E-state index is 9.18. The normalized spacial score (nSPS) is 13.9. The number of anilines is 1. The van der Waals surface area contributed by atoms with Gasteiger partial charge in [-0.1, -0.05) is 18.5 Å². The Kier molecular flexibility index (Phi) is 3.55. The Morgan fingerprint density at radius 2 is 2.40 bits per heavy atom. The molecule has 1 aliphatic heterocycles. The Morgan fingerprint density at radius 1 is 1.55 bits per heavy atom. The third-order valence-electron chi connectivity index (χ3n) is 3.34. The van der Waals surface area contributed by atoms with E-state index in [2.05, 4.69) is 25.3 Å². The Bertz CT molecular complexity index is 691. The molecule has 5 nitrogen and oxygen atoms in total. The number of nitrogens with zero attached hydrogens (tertiary/aromatic N) is 5. The number of aryl methyl sites for hydroxylation is 1. The van der Waals surface area contributed by atoms with Gasteiger partial charge in [-0.15, -0.1) is 0 Å². The van der Waals surface area contributed by atoms with Crippen LogP contribution in [0.25, 0.3) is 0 Å². The monoisotopic (exact) mass is 305 g/mol. The molecule has 2 aromatic rings. The summed E-state index contributed by atoms with van der Waals surface area (Å²) < 4.78 is 4.06. The summed E-state index contributed by atoms with van der Waals surface area (Å²) in [7, 11) is 0. The van der Waals surface area contributed by atoms with Crippen LogP contribution in [0.4, 0.5) is 5.00 Å². The standard InChI is InChI=1S/C13H12ClN5S/c1-2-11-16-6-8-3-4-19(7-10(8)17-11)13-9(5-15)12(14)18-20-13/h6H,2-4,7H2,1H3. The largest absolute Gasteiger partial charge is 0.355 e. The SMILES string of the molecule is CCc1ncc2c(n1)CN(c1snc(Cl)c1C#N)CC2. The van der Waals surface area contributed by atoms with Crippen molar-refractivity contribution in [3.8, 4) is 6.07 Å². The molecular weight excluding hydrogens is 294 g/mol. The summed E-state index contributed by atoms with van der Waals surface area (Å²) in [6, 6.07) is 2.13. The van der Waals surface area contributed by atoms with E-state index in [-0.39, 0.29) is 5.15 Å². The molecule has 0 spiro atoms. The zero-order chi connectivity index (χ0) is 14.1. The van der Waals surface area contributed by atoms with Crippen molar-refractivity contribution in [2.45, 2.75) is 26.3 Å². The highest BCUT2D eigenvalue weighted by Crippen LogP contribution is 2.33. The lowest BCUT2D eigenvalue weighted by molar-refractivity contribution is 0.697. The third kappa shape index (κ3) is 2.23. The van der Waals surface area contributed by atoms with Gasteiger partial charge in [-0.25, -0.2) is 9.97 Å². The zero-order valence-corrected chi connectivity index (χ0v) is 12.5. The maximum absolute atomic E-state index is 9.18. The molecular formula is C13H12ClN5S. The van der Waals surface area contributed by atoms with Crippen LogP contribution in [0.1, 0.15) is 29.6 Å². The molecule has 0 saturated heterocycles. The minimum atomic E-state index is 0.287. The van der Waals surface area contributed by atoms with Gasteiger partial charge in [-0.2, -0.15) is 9.64 Å².